The summed E-state index contributed by atoms with van der Waals surface area (Å²) in [4.78, 5) is 0. The molecule has 0 aliphatic heterocycles. The minimum absolute atomic E-state index is 0.580. The average molecular weight is 466 g/mol. The first-order valence-electron chi connectivity index (χ1n) is 9.35. The van der Waals surface area contributed by atoms with Crippen LogP contribution < -0.4 is 0 Å². The number of benzene rings is 2. The van der Waals surface area contributed by atoms with Crippen LogP contribution in [0.25, 0.3) is 17.2 Å². The van der Waals surface area contributed by atoms with Crippen molar-refractivity contribution >= 4 is 23.1 Å². The SMILES string of the molecule is CCCCCc1ccc(-c2cccc3c2C=C(C(C)C)[CH]3)cc1.[Cl][Zr][Cl]. The van der Waals surface area contributed by atoms with Crippen molar-refractivity contribution in [2.24, 2.45) is 5.92 Å². The number of fused-ring (bicyclic) bond motifs is 1. The molecule has 1 aliphatic carbocycles. The number of unbranched alkanes of at least 4 members (excludes halogenated alkanes) is 2. The predicted octanol–water partition coefficient (Wildman–Crippen LogP) is 8.07. The zero-order valence-corrected chi connectivity index (χ0v) is 19.8. The molecule has 0 amide bonds. The molecule has 0 bridgehead atoms. The summed E-state index contributed by atoms with van der Waals surface area (Å²) in [5.41, 5.74) is 8.32. The number of rotatable bonds is 6. The zero-order valence-electron chi connectivity index (χ0n) is 15.9. The molecule has 0 nitrogen and oxygen atoms in total. The molecule has 2 aromatic carbocycles. The van der Waals surface area contributed by atoms with Gasteiger partial charge in [0.1, 0.15) is 0 Å². The van der Waals surface area contributed by atoms with Crippen LogP contribution in [0.4, 0.5) is 0 Å². The van der Waals surface area contributed by atoms with Crippen molar-refractivity contribution in [3.63, 3.8) is 0 Å². The van der Waals surface area contributed by atoms with Gasteiger partial charge in [-0.15, -0.1) is 0 Å². The standard InChI is InChI=1S/C23H27.2ClH.Zr/c1-4-5-6-8-18-11-13-19(14-12-18)22-10-7-9-20-15-21(17(2)3)16-23(20)22;;;/h7,9-17H,4-6,8H2,1-3H3;2*1H;/q;;;+2/p-2. The van der Waals surface area contributed by atoms with E-state index in [1.165, 1.54) is 59.1 Å². The van der Waals surface area contributed by atoms with Crippen molar-refractivity contribution in [2.75, 3.05) is 0 Å². The van der Waals surface area contributed by atoms with Gasteiger partial charge in [0.25, 0.3) is 0 Å². The van der Waals surface area contributed by atoms with E-state index in [9.17, 15) is 0 Å². The van der Waals surface area contributed by atoms with Crippen LogP contribution in [0.1, 0.15) is 56.7 Å². The van der Waals surface area contributed by atoms with Crippen molar-refractivity contribution in [1.82, 2.24) is 0 Å². The van der Waals surface area contributed by atoms with Gasteiger partial charge in [-0.1, -0.05) is 87.7 Å². The Morgan fingerprint density at radius 3 is 2.27 bits per heavy atom. The van der Waals surface area contributed by atoms with Gasteiger partial charge in [-0.3, -0.25) is 0 Å². The Labute approximate surface area is 177 Å². The molecule has 0 heterocycles. The van der Waals surface area contributed by atoms with E-state index in [2.05, 4.69) is 75.7 Å². The predicted molar refractivity (Wildman–Crippen MR) is 113 cm³/mol. The summed E-state index contributed by atoms with van der Waals surface area (Å²) >= 11 is -0.826. The number of hydrogen-bond donors (Lipinski definition) is 0. The molecule has 1 aliphatic rings. The van der Waals surface area contributed by atoms with Crippen LogP contribution in [0.3, 0.4) is 0 Å². The third kappa shape index (κ3) is 6.08. The molecule has 0 aromatic heterocycles. The average Bonchev–Trinajstić information content (AvgIpc) is 3.08. The summed E-state index contributed by atoms with van der Waals surface area (Å²) in [6, 6.07) is 15.8. The molecule has 26 heavy (non-hydrogen) atoms. The Balaban J connectivity index is 0.000000758. The van der Waals surface area contributed by atoms with Crippen LogP contribution >= 0.6 is 17.0 Å². The van der Waals surface area contributed by atoms with Crippen molar-refractivity contribution in [3.8, 4) is 11.1 Å². The molecular weight excluding hydrogens is 438 g/mol. The van der Waals surface area contributed by atoms with Gasteiger partial charge in [0.2, 0.25) is 0 Å². The second-order valence-corrected chi connectivity index (χ2v) is 10.7. The molecule has 3 rings (SSSR count). The van der Waals surface area contributed by atoms with Gasteiger partial charge in [-0.25, -0.2) is 0 Å². The molecule has 2 aromatic rings. The normalized spacial score (nSPS) is 12.3. The fourth-order valence-electron chi connectivity index (χ4n) is 3.27. The number of aryl methyl sites for hydroxylation is 1. The fraction of sp³-hybridized carbons (Fsp3) is 0.348. The third-order valence-electron chi connectivity index (χ3n) is 4.77. The van der Waals surface area contributed by atoms with E-state index in [1.54, 1.807) is 0 Å². The van der Waals surface area contributed by atoms with Crippen LogP contribution in [-0.2, 0) is 27.3 Å². The van der Waals surface area contributed by atoms with Gasteiger partial charge in [-0.05, 0) is 46.6 Å². The van der Waals surface area contributed by atoms with Crippen LogP contribution in [-0.4, -0.2) is 0 Å². The summed E-state index contributed by atoms with van der Waals surface area (Å²) in [6.07, 6.45) is 9.81. The summed E-state index contributed by atoms with van der Waals surface area (Å²) in [7, 11) is 9.87. The second-order valence-electron chi connectivity index (χ2n) is 6.98. The second kappa shape index (κ2) is 11.5. The van der Waals surface area contributed by atoms with Crippen molar-refractivity contribution < 1.29 is 20.8 Å². The molecule has 0 fully saturated rings. The van der Waals surface area contributed by atoms with Crippen LogP contribution in [0.5, 0.6) is 0 Å². The third-order valence-corrected chi connectivity index (χ3v) is 4.77. The van der Waals surface area contributed by atoms with Gasteiger partial charge in [-0.2, -0.15) is 0 Å². The maximum absolute atomic E-state index is 4.93. The summed E-state index contributed by atoms with van der Waals surface area (Å²) < 4.78 is 0. The number of halogens is 2. The molecular formula is C23H27Cl2Zr. The van der Waals surface area contributed by atoms with Gasteiger partial charge < -0.3 is 0 Å². The molecule has 1 radical (unpaired) electrons. The zero-order chi connectivity index (χ0) is 18.9. The molecule has 0 unspecified atom stereocenters. The topological polar surface area (TPSA) is 0 Å². The number of allylic oxidation sites excluding steroid dienone is 1. The summed E-state index contributed by atoms with van der Waals surface area (Å²) in [5.74, 6) is 0.580. The van der Waals surface area contributed by atoms with Crippen molar-refractivity contribution in [1.29, 1.82) is 0 Å². The first-order valence-corrected chi connectivity index (χ1v) is 15.7. The molecule has 3 heteroatoms. The quantitative estimate of drug-likeness (QED) is 0.378. The van der Waals surface area contributed by atoms with E-state index in [0.29, 0.717) is 5.92 Å². The van der Waals surface area contributed by atoms with Crippen LogP contribution in [0, 0.1) is 12.3 Å². The Hall–Kier alpha value is -0.357. The van der Waals surface area contributed by atoms with Crippen LogP contribution in [0.15, 0.2) is 48.0 Å². The first kappa shape index (κ1) is 21.9. The van der Waals surface area contributed by atoms with E-state index in [0.717, 1.165) is 0 Å². The molecule has 0 spiro atoms. The Bertz CT molecular complexity index is 717. The summed E-state index contributed by atoms with van der Waals surface area (Å²) in [5, 5.41) is 0. The fourth-order valence-corrected chi connectivity index (χ4v) is 3.27. The Morgan fingerprint density at radius 2 is 1.65 bits per heavy atom. The van der Waals surface area contributed by atoms with E-state index in [1.807, 2.05) is 0 Å². The summed E-state index contributed by atoms with van der Waals surface area (Å²) in [6.45, 7) is 6.78. The van der Waals surface area contributed by atoms with Crippen molar-refractivity contribution in [2.45, 2.75) is 46.5 Å². The Kier molecular flexibility index (Phi) is 9.68. The molecule has 0 atom stereocenters. The van der Waals surface area contributed by atoms with Crippen molar-refractivity contribution in [3.05, 3.63) is 71.1 Å². The molecule has 0 saturated carbocycles. The van der Waals surface area contributed by atoms with E-state index >= 15 is 0 Å². The molecule has 0 N–H and O–H groups in total. The van der Waals surface area contributed by atoms with Gasteiger partial charge >= 0.3 is 37.9 Å². The molecule has 137 valence electrons. The number of hydrogen-bond acceptors (Lipinski definition) is 0. The van der Waals surface area contributed by atoms with E-state index in [4.69, 9.17) is 17.0 Å². The maximum atomic E-state index is 4.93. The van der Waals surface area contributed by atoms with E-state index in [-0.39, 0.29) is 0 Å². The van der Waals surface area contributed by atoms with E-state index < -0.39 is 20.8 Å². The van der Waals surface area contributed by atoms with Gasteiger partial charge in [0, 0.05) is 6.42 Å². The van der Waals surface area contributed by atoms with Gasteiger partial charge in [0.05, 0.1) is 0 Å². The Morgan fingerprint density at radius 1 is 0.962 bits per heavy atom. The monoisotopic (exact) mass is 463 g/mol. The van der Waals surface area contributed by atoms with Crippen LogP contribution in [0.2, 0.25) is 0 Å². The molecule has 0 saturated heterocycles. The van der Waals surface area contributed by atoms with Gasteiger partial charge in [0.15, 0.2) is 0 Å². The first-order chi connectivity index (χ1) is 12.6. The minimum atomic E-state index is -0.826.